The van der Waals surface area contributed by atoms with Crippen molar-refractivity contribution in [2.75, 3.05) is 19.8 Å². The van der Waals surface area contributed by atoms with Gasteiger partial charge in [-0.3, -0.25) is 4.90 Å². The van der Waals surface area contributed by atoms with Crippen LogP contribution in [0.3, 0.4) is 0 Å². The zero-order valence-corrected chi connectivity index (χ0v) is 9.80. The quantitative estimate of drug-likeness (QED) is 0.675. The van der Waals surface area contributed by atoms with Crippen LogP contribution in [-0.4, -0.2) is 30.7 Å². The lowest BCUT2D eigenvalue weighted by Gasteiger charge is -2.42. The monoisotopic (exact) mass is 201 g/mol. The lowest BCUT2D eigenvalue weighted by Crippen LogP contribution is -2.47. The molecule has 1 fully saturated rings. The maximum atomic E-state index is 12.4. The molecule has 0 amide bonds. The molecule has 0 spiro atoms. The number of alkyl halides is 1. The Bertz CT molecular complexity index is 156. The Hall–Kier alpha value is -0.110. The normalized spacial score (nSPS) is 29.8. The number of likely N-dealkylation sites (tertiary alicyclic amines) is 1. The molecule has 0 bridgehead atoms. The first kappa shape index (κ1) is 12.0. The summed E-state index contributed by atoms with van der Waals surface area (Å²) in [5.41, 5.74) is 0. The molecule has 84 valence electrons. The number of hydrogen-bond donors (Lipinski definition) is 0. The average Bonchev–Trinajstić information content (AvgIpc) is 2.18. The van der Waals surface area contributed by atoms with Crippen molar-refractivity contribution in [3.8, 4) is 0 Å². The Kier molecular flexibility index (Phi) is 4.86. The Morgan fingerprint density at radius 1 is 1.43 bits per heavy atom. The van der Waals surface area contributed by atoms with Gasteiger partial charge in [-0.15, -0.1) is 0 Å². The Labute approximate surface area is 87.7 Å². The lowest BCUT2D eigenvalue weighted by molar-refractivity contribution is 0.0601. The van der Waals surface area contributed by atoms with Crippen LogP contribution in [0.25, 0.3) is 0 Å². The molecule has 14 heavy (non-hydrogen) atoms. The summed E-state index contributed by atoms with van der Waals surface area (Å²) < 4.78 is 12.4. The molecular formula is C12H24FN. The highest BCUT2D eigenvalue weighted by atomic mass is 19.1. The molecule has 0 radical (unpaired) electrons. The van der Waals surface area contributed by atoms with E-state index in [1.54, 1.807) is 0 Å². The summed E-state index contributed by atoms with van der Waals surface area (Å²) >= 11 is 0. The van der Waals surface area contributed by atoms with Crippen LogP contribution in [0.1, 0.15) is 40.0 Å². The van der Waals surface area contributed by atoms with Crippen molar-refractivity contribution < 1.29 is 4.39 Å². The number of hydrogen-bond acceptors (Lipinski definition) is 1. The molecule has 0 saturated carbocycles. The van der Waals surface area contributed by atoms with Crippen LogP contribution >= 0.6 is 0 Å². The summed E-state index contributed by atoms with van der Waals surface area (Å²) in [5, 5.41) is 0. The van der Waals surface area contributed by atoms with E-state index in [0.717, 1.165) is 18.4 Å². The third kappa shape index (κ3) is 2.69. The van der Waals surface area contributed by atoms with Gasteiger partial charge in [-0.1, -0.05) is 20.8 Å². The van der Waals surface area contributed by atoms with Crippen LogP contribution in [0.4, 0.5) is 4.39 Å². The molecular weight excluding hydrogens is 177 g/mol. The van der Waals surface area contributed by atoms with Gasteiger partial charge in [0.15, 0.2) is 0 Å². The zero-order valence-electron chi connectivity index (χ0n) is 9.80. The van der Waals surface area contributed by atoms with E-state index in [0.29, 0.717) is 12.6 Å². The highest BCUT2D eigenvalue weighted by Gasteiger charge is 2.31. The second kappa shape index (κ2) is 5.69. The minimum atomic E-state index is -0.193. The number of nitrogens with zero attached hydrogens (tertiary/aromatic N) is 1. The standard InChI is InChI=1S/C12H24FN/c1-4-12-11(10(2)3)6-5-8-14(12)9-7-13/h10-12H,4-9H2,1-3H3. The molecule has 1 heterocycles. The fourth-order valence-electron chi connectivity index (χ4n) is 2.88. The zero-order chi connectivity index (χ0) is 10.6. The van der Waals surface area contributed by atoms with Gasteiger partial charge in [0, 0.05) is 12.6 Å². The molecule has 0 aliphatic carbocycles. The summed E-state index contributed by atoms with van der Waals surface area (Å²) in [6, 6.07) is 0.625. The molecule has 1 saturated heterocycles. The van der Waals surface area contributed by atoms with Crippen LogP contribution in [0.15, 0.2) is 0 Å². The maximum absolute atomic E-state index is 12.4. The average molecular weight is 201 g/mol. The number of halogens is 1. The van der Waals surface area contributed by atoms with E-state index in [1.807, 2.05) is 0 Å². The van der Waals surface area contributed by atoms with Crippen molar-refractivity contribution >= 4 is 0 Å². The van der Waals surface area contributed by atoms with Gasteiger partial charge in [0.2, 0.25) is 0 Å². The third-order valence-corrected chi connectivity index (χ3v) is 3.59. The smallest absolute Gasteiger partial charge is 0.102 e. The van der Waals surface area contributed by atoms with E-state index in [-0.39, 0.29) is 6.67 Å². The first-order valence-electron chi connectivity index (χ1n) is 6.00. The van der Waals surface area contributed by atoms with Crippen LogP contribution in [0.2, 0.25) is 0 Å². The Balaban J connectivity index is 2.59. The largest absolute Gasteiger partial charge is 0.298 e. The van der Waals surface area contributed by atoms with Crippen LogP contribution in [-0.2, 0) is 0 Å². The summed E-state index contributed by atoms with van der Waals surface area (Å²) in [6.45, 7) is 8.38. The van der Waals surface area contributed by atoms with E-state index >= 15 is 0 Å². The lowest BCUT2D eigenvalue weighted by atomic mass is 9.80. The molecule has 0 aromatic heterocycles. The molecule has 1 rings (SSSR count). The maximum Gasteiger partial charge on any atom is 0.102 e. The topological polar surface area (TPSA) is 3.24 Å². The van der Waals surface area contributed by atoms with Gasteiger partial charge in [0.05, 0.1) is 0 Å². The van der Waals surface area contributed by atoms with Gasteiger partial charge < -0.3 is 0 Å². The van der Waals surface area contributed by atoms with Gasteiger partial charge in [-0.05, 0) is 37.6 Å². The number of piperidine rings is 1. The molecule has 2 unspecified atom stereocenters. The molecule has 2 heteroatoms. The van der Waals surface area contributed by atoms with E-state index in [2.05, 4.69) is 25.7 Å². The van der Waals surface area contributed by atoms with Gasteiger partial charge >= 0.3 is 0 Å². The molecule has 1 nitrogen and oxygen atoms in total. The van der Waals surface area contributed by atoms with Crippen molar-refractivity contribution in [2.45, 2.75) is 46.1 Å². The summed E-state index contributed by atoms with van der Waals surface area (Å²) in [4.78, 5) is 2.36. The van der Waals surface area contributed by atoms with Crippen molar-refractivity contribution in [3.63, 3.8) is 0 Å². The predicted molar refractivity (Wildman–Crippen MR) is 59.2 cm³/mol. The first-order valence-corrected chi connectivity index (χ1v) is 6.00. The van der Waals surface area contributed by atoms with Gasteiger partial charge in [-0.2, -0.15) is 0 Å². The van der Waals surface area contributed by atoms with Crippen LogP contribution in [0, 0.1) is 11.8 Å². The van der Waals surface area contributed by atoms with E-state index in [9.17, 15) is 4.39 Å². The van der Waals surface area contributed by atoms with E-state index in [4.69, 9.17) is 0 Å². The molecule has 2 atom stereocenters. The second-order valence-corrected chi connectivity index (χ2v) is 4.75. The van der Waals surface area contributed by atoms with Gasteiger partial charge in [0.1, 0.15) is 6.67 Å². The Morgan fingerprint density at radius 3 is 2.64 bits per heavy atom. The number of rotatable bonds is 4. The molecule has 1 aliphatic rings. The van der Waals surface area contributed by atoms with Crippen molar-refractivity contribution in [2.24, 2.45) is 11.8 Å². The molecule has 0 N–H and O–H groups in total. The first-order chi connectivity index (χ1) is 6.70. The Morgan fingerprint density at radius 2 is 2.14 bits per heavy atom. The van der Waals surface area contributed by atoms with Crippen molar-refractivity contribution in [1.82, 2.24) is 4.90 Å². The van der Waals surface area contributed by atoms with Crippen LogP contribution < -0.4 is 0 Å². The fraction of sp³-hybridized carbons (Fsp3) is 1.00. The minimum Gasteiger partial charge on any atom is -0.298 e. The molecule has 0 aromatic rings. The van der Waals surface area contributed by atoms with Gasteiger partial charge in [-0.25, -0.2) is 4.39 Å². The fourth-order valence-corrected chi connectivity index (χ4v) is 2.88. The van der Waals surface area contributed by atoms with Crippen LogP contribution in [0.5, 0.6) is 0 Å². The SMILES string of the molecule is CCC1C(C(C)C)CCCN1CCF. The second-order valence-electron chi connectivity index (χ2n) is 4.75. The molecule has 1 aliphatic heterocycles. The summed E-state index contributed by atoms with van der Waals surface area (Å²) in [6.07, 6.45) is 3.75. The summed E-state index contributed by atoms with van der Waals surface area (Å²) in [5.74, 6) is 1.52. The van der Waals surface area contributed by atoms with Gasteiger partial charge in [0.25, 0.3) is 0 Å². The highest BCUT2D eigenvalue weighted by molar-refractivity contribution is 4.84. The highest BCUT2D eigenvalue weighted by Crippen LogP contribution is 2.31. The van der Waals surface area contributed by atoms with Crippen molar-refractivity contribution in [1.29, 1.82) is 0 Å². The third-order valence-electron chi connectivity index (χ3n) is 3.59. The predicted octanol–water partition coefficient (Wildman–Crippen LogP) is 3.10. The minimum absolute atomic E-state index is 0.193. The van der Waals surface area contributed by atoms with Crippen molar-refractivity contribution in [3.05, 3.63) is 0 Å². The molecule has 0 aromatic carbocycles. The van der Waals surface area contributed by atoms with E-state index < -0.39 is 0 Å². The summed E-state index contributed by atoms with van der Waals surface area (Å²) in [7, 11) is 0. The van der Waals surface area contributed by atoms with E-state index in [1.165, 1.54) is 19.3 Å².